The molecule has 0 bridgehead atoms. The summed E-state index contributed by atoms with van der Waals surface area (Å²) in [4.78, 5) is 12.5. The first-order chi connectivity index (χ1) is 7.45. The van der Waals surface area contributed by atoms with Gasteiger partial charge in [-0.25, -0.2) is 4.79 Å². The maximum Gasteiger partial charge on any atom is 0.338 e. The van der Waals surface area contributed by atoms with E-state index in [0.29, 0.717) is 5.56 Å². The number of hydrogen-bond donors (Lipinski definition) is 2. The molecule has 1 aromatic carbocycles. The average Bonchev–Trinajstić information content (AvgIpc) is 2.27. The molecule has 16 heavy (non-hydrogen) atoms. The summed E-state index contributed by atoms with van der Waals surface area (Å²) < 4.78 is 4.79. The lowest BCUT2D eigenvalue weighted by molar-refractivity contribution is 0.0599. The third-order valence-electron chi connectivity index (χ3n) is 2.85. The molecule has 0 saturated heterocycles. The maximum absolute atomic E-state index is 11.7. The highest BCUT2D eigenvalue weighted by atomic mass is 32.1. The van der Waals surface area contributed by atoms with Crippen LogP contribution in [0.1, 0.15) is 27.0 Å². The standard InChI is InChI=1S/C12H17NO2S/c1-6-9(12(14)15-5)7(2)11(16)8(3)10(6)13-4/h13,16H,1-5H3. The Balaban J connectivity index is 3.62. The van der Waals surface area contributed by atoms with Gasteiger partial charge in [0.2, 0.25) is 0 Å². The maximum atomic E-state index is 11.7. The molecular formula is C12H17NO2S. The van der Waals surface area contributed by atoms with Gasteiger partial charge in [0, 0.05) is 17.6 Å². The minimum Gasteiger partial charge on any atom is -0.465 e. The predicted octanol–water partition coefficient (Wildman–Crippen LogP) is 2.73. The molecule has 0 aliphatic rings. The monoisotopic (exact) mass is 239 g/mol. The third-order valence-corrected chi connectivity index (χ3v) is 3.52. The minimum atomic E-state index is -0.318. The molecule has 1 aromatic rings. The number of ether oxygens (including phenoxy) is 1. The Bertz CT molecular complexity index is 441. The Morgan fingerprint density at radius 3 is 2.19 bits per heavy atom. The van der Waals surface area contributed by atoms with E-state index in [9.17, 15) is 4.79 Å². The van der Waals surface area contributed by atoms with Crippen molar-refractivity contribution in [1.29, 1.82) is 0 Å². The second-order valence-electron chi connectivity index (χ2n) is 3.72. The summed E-state index contributed by atoms with van der Waals surface area (Å²) in [6, 6.07) is 0. The number of methoxy groups -OCH3 is 1. The molecule has 3 nitrogen and oxygen atoms in total. The average molecular weight is 239 g/mol. The molecular weight excluding hydrogens is 222 g/mol. The molecule has 88 valence electrons. The molecule has 0 aromatic heterocycles. The number of hydrogen-bond acceptors (Lipinski definition) is 4. The zero-order valence-corrected chi connectivity index (χ0v) is 11.2. The van der Waals surface area contributed by atoms with E-state index in [1.54, 1.807) is 0 Å². The fourth-order valence-electron chi connectivity index (χ4n) is 1.99. The van der Waals surface area contributed by atoms with Crippen LogP contribution in [0, 0.1) is 20.8 Å². The van der Waals surface area contributed by atoms with Crippen molar-refractivity contribution in [3.8, 4) is 0 Å². The molecule has 4 heteroatoms. The van der Waals surface area contributed by atoms with Gasteiger partial charge in [0.25, 0.3) is 0 Å². The Morgan fingerprint density at radius 1 is 1.19 bits per heavy atom. The molecule has 0 amide bonds. The van der Waals surface area contributed by atoms with Gasteiger partial charge in [0.15, 0.2) is 0 Å². The lowest BCUT2D eigenvalue weighted by Crippen LogP contribution is -2.10. The van der Waals surface area contributed by atoms with Crippen molar-refractivity contribution in [3.05, 3.63) is 22.3 Å². The van der Waals surface area contributed by atoms with Crippen molar-refractivity contribution in [2.75, 3.05) is 19.5 Å². The molecule has 1 N–H and O–H groups in total. The summed E-state index contributed by atoms with van der Waals surface area (Å²) in [6.45, 7) is 5.77. The second kappa shape index (κ2) is 4.78. The fourth-order valence-corrected chi connectivity index (χ4v) is 2.21. The molecule has 0 aliphatic carbocycles. The van der Waals surface area contributed by atoms with Crippen LogP contribution in [0.15, 0.2) is 4.90 Å². The zero-order chi connectivity index (χ0) is 12.5. The van der Waals surface area contributed by atoms with Crippen LogP contribution in [0.4, 0.5) is 5.69 Å². The van der Waals surface area contributed by atoms with E-state index in [1.165, 1.54) is 7.11 Å². The molecule has 0 radical (unpaired) electrons. The summed E-state index contributed by atoms with van der Waals surface area (Å²) in [5, 5.41) is 3.09. The first kappa shape index (κ1) is 12.9. The first-order valence-electron chi connectivity index (χ1n) is 5.04. The highest BCUT2D eigenvalue weighted by Gasteiger charge is 2.20. The van der Waals surface area contributed by atoms with E-state index in [-0.39, 0.29) is 5.97 Å². The van der Waals surface area contributed by atoms with Crippen LogP contribution in [0.3, 0.4) is 0 Å². The number of anilines is 1. The number of nitrogens with one attached hydrogen (secondary N) is 1. The molecule has 0 spiro atoms. The molecule has 0 saturated carbocycles. The van der Waals surface area contributed by atoms with Crippen LogP contribution in [-0.2, 0) is 4.74 Å². The van der Waals surface area contributed by atoms with Crippen LogP contribution >= 0.6 is 12.6 Å². The number of carbonyl (C=O) groups is 1. The number of benzene rings is 1. The number of carbonyl (C=O) groups excluding carboxylic acids is 1. The minimum absolute atomic E-state index is 0.318. The topological polar surface area (TPSA) is 38.3 Å². The van der Waals surface area contributed by atoms with Crippen LogP contribution in [0.5, 0.6) is 0 Å². The lowest BCUT2D eigenvalue weighted by Gasteiger charge is -2.18. The molecule has 0 heterocycles. The highest BCUT2D eigenvalue weighted by molar-refractivity contribution is 7.80. The van der Waals surface area contributed by atoms with Gasteiger partial charge in [-0.05, 0) is 37.5 Å². The van der Waals surface area contributed by atoms with Crippen molar-refractivity contribution < 1.29 is 9.53 Å². The number of esters is 1. The van der Waals surface area contributed by atoms with Gasteiger partial charge in [-0.1, -0.05) is 0 Å². The highest BCUT2D eigenvalue weighted by Crippen LogP contribution is 2.33. The van der Waals surface area contributed by atoms with Crippen molar-refractivity contribution in [1.82, 2.24) is 0 Å². The first-order valence-corrected chi connectivity index (χ1v) is 5.49. The van der Waals surface area contributed by atoms with Gasteiger partial charge < -0.3 is 10.1 Å². The van der Waals surface area contributed by atoms with Crippen LogP contribution in [0.25, 0.3) is 0 Å². The molecule has 1 rings (SSSR count). The van der Waals surface area contributed by atoms with Gasteiger partial charge in [-0.2, -0.15) is 0 Å². The van der Waals surface area contributed by atoms with Crippen LogP contribution < -0.4 is 5.32 Å². The van der Waals surface area contributed by atoms with Gasteiger partial charge in [0.1, 0.15) is 0 Å². The number of thiol groups is 1. The largest absolute Gasteiger partial charge is 0.465 e. The third kappa shape index (κ3) is 1.89. The second-order valence-corrected chi connectivity index (χ2v) is 4.16. The van der Waals surface area contributed by atoms with Crippen molar-refractivity contribution in [2.45, 2.75) is 25.7 Å². The SMILES string of the molecule is CNc1c(C)c(S)c(C)c(C(=O)OC)c1C. The van der Waals surface area contributed by atoms with Crippen LogP contribution in [0.2, 0.25) is 0 Å². The Hall–Kier alpha value is -1.16. The van der Waals surface area contributed by atoms with Gasteiger partial charge >= 0.3 is 5.97 Å². The Morgan fingerprint density at radius 2 is 1.75 bits per heavy atom. The van der Waals surface area contributed by atoms with E-state index >= 15 is 0 Å². The predicted molar refractivity (Wildman–Crippen MR) is 68.8 cm³/mol. The van der Waals surface area contributed by atoms with E-state index in [1.807, 2.05) is 27.8 Å². The quantitative estimate of drug-likeness (QED) is 0.615. The van der Waals surface area contributed by atoms with E-state index < -0.39 is 0 Å². The van der Waals surface area contributed by atoms with Gasteiger partial charge in [-0.3, -0.25) is 0 Å². The molecule has 0 aliphatic heterocycles. The molecule has 0 fully saturated rings. The summed E-state index contributed by atoms with van der Waals surface area (Å²) in [7, 11) is 3.22. The van der Waals surface area contributed by atoms with Crippen LogP contribution in [-0.4, -0.2) is 20.1 Å². The van der Waals surface area contributed by atoms with Crippen molar-refractivity contribution in [3.63, 3.8) is 0 Å². The van der Waals surface area contributed by atoms with Crippen molar-refractivity contribution >= 4 is 24.3 Å². The molecule has 0 atom stereocenters. The van der Waals surface area contributed by atoms with Crippen molar-refractivity contribution in [2.24, 2.45) is 0 Å². The van der Waals surface area contributed by atoms with Gasteiger partial charge in [-0.15, -0.1) is 12.6 Å². The van der Waals surface area contributed by atoms with E-state index in [2.05, 4.69) is 17.9 Å². The normalized spacial score (nSPS) is 10.1. The Kier molecular flexibility index (Phi) is 3.86. The van der Waals surface area contributed by atoms with Gasteiger partial charge in [0.05, 0.1) is 12.7 Å². The summed E-state index contributed by atoms with van der Waals surface area (Å²) in [6.07, 6.45) is 0. The lowest BCUT2D eigenvalue weighted by atomic mass is 9.97. The summed E-state index contributed by atoms with van der Waals surface area (Å²) >= 11 is 4.44. The molecule has 0 unspecified atom stereocenters. The number of rotatable bonds is 2. The van der Waals surface area contributed by atoms with E-state index in [0.717, 1.165) is 27.3 Å². The summed E-state index contributed by atoms with van der Waals surface area (Å²) in [5.74, 6) is -0.318. The summed E-state index contributed by atoms with van der Waals surface area (Å²) in [5.41, 5.74) is 4.36. The van der Waals surface area contributed by atoms with E-state index in [4.69, 9.17) is 4.74 Å². The Labute approximate surface area is 102 Å². The smallest absolute Gasteiger partial charge is 0.338 e. The zero-order valence-electron chi connectivity index (χ0n) is 10.3. The fraction of sp³-hybridized carbons (Fsp3) is 0.417.